The number of carbonyl (C=O) groups excluding carboxylic acids is 2. The van der Waals surface area contributed by atoms with Crippen LogP contribution in [0.2, 0.25) is 0 Å². The minimum absolute atomic E-state index is 0.236. The molecule has 0 atom stereocenters. The number of rotatable bonds is 2. The van der Waals surface area contributed by atoms with E-state index in [1.807, 2.05) is 39.1 Å². The molecule has 6 heteroatoms. The Balaban J connectivity index is 1.83. The maximum absolute atomic E-state index is 12.1. The molecule has 2 heterocycles. The summed E-state index contributed by atoms with van der Waals surface area (Å²) in [5.74, 6) is -0.605. The number of hydrogen-bond donors (Lipinski definition) is 1. The van der Waals surface area contributed by atoms with Crippen LogP contribution >= 0.6 is 11.8 Å². The number of benzene rings is 1. The van der Waals surface area contributed by atoms with Gasteiger partial charge in [0.25, 0.3) is 11.8 Å². The van der Waals surface area contributed by atoms with Gasteiger partial charge in [-0.2, -0.15) is 4.99 Å². The van der Waals surface area contributed by atoms with Gasteiger partial charge in [-0.1, -0.05) is 18.2 Å². The van der Waals surface area contributed by atoms with E-state index in [0.29, 0.717) is 15.6 Å². The van der Waals surface area contributed by atoms with Gasteiger partial charge in [-0.3, -0.25) is 9.59 Å². The van der Waals surface area contributed by atoms with Gasteiger partial charge < -0.3 is 9.88 Å². The van der Waals surface area contributed by atoms with E-state index in [1.165, 1.54) is 11.8 Å². The quantitative estimate of drug-likeness (QED) is 0.856. The number of amidine groups is 1. The number of nitrogens with one attached hydrogen (secondary N) is 1. The molecule has 1 aliphatic rings. The molecule has 0 aliphatic carbocycles. The van der Waals surface area contributed by atoms with E-state index >= 15 is 0 Å². The van der Waals surface area contributed by atoms with E-state index in [9.17, 15) is 9.59 Å². The first-order valence-corrected chi connectivity index (χ1v) is 8.29. The smallest absolute Gasteiger partial charge is 0.279 e. The van der Waals surface area contributed by atoms with Crippen LogP contribution in [0, 0.1) is 13.8 Å². The van der Waals surface area contributed by atoms with Crippen molar-refractivity contribution in [3.63, 3.8) is 0 Å². The third-order valence-electron chi connectivity index (χ3n) is 3.98. The predicted octanol–water partition coefficient (Wildman–Crippen LogP) is 3.04. The third-order valence-corrected chi connectivity index (χ3v) is 4.89. The fourth-order valence-electron chi connectivity index (χ4n) is 2.39. The lowest BCUT2D eigenvalue weighted by Crippen LogP contribution is -2.20. The van der Waals surface area contributed by atoms with Crippen molar-refractivity contribution in [1.82, 2.24) is 9.88 Å². The minimum atomic E-state index is -0.369. The molecule has 0 radical (unpaired) electrons. The molecule has 0 bridgehead atoms. The van der Waals surface area contributed by atoms with Crippen LogP contribution in [-0.2, 0) is 11.8 Å². The number of aromatic nitrogens is 1. The maximum atomic E-state index is 12.1. The molecule has 24 heavy (non-hydrogen) atoms. The Morgan fingerprint density at radius 1 is 1.25 bits per heavy atom. The molecule has 0 spiro atoms. The van der Waals surface area contributed by atoms with E-state index in [1.54, 1.807) is 24.3 Å². The number of amides is 2. The summed E-state index contributed by atoms with van der Waals surface area (Å²) in [6.45, 7) is 4.02. The predicted molar refractivity (Wildman–Crippen MR) is 96.8 cm³/mol. The summed E-state index contributed by atoms with van der Waals surface area (Å²) >= 11 is 1.18. The summed E-state index contributed by atoms with van der Waals surface area (Å²) in [7, 11) is 1.99. The number of nitrogens with zero attached hydrogens (tertiary/aromatic N) is 2. The summed E-state index contributed by atoms with van der Waals surface area (Å²) in [4.78, 5) is 28.7. The molecule has 1 N–H and O–H groups in total. The number of hydrogen-bond acceptors (Lipinski definition) is 3. The van der Waals surface area contributed by atoms with Gasteiger partial charge in [-0.25, -0.2) is 0 Å². The largest absolute Gasteiger partial charge is 0.352 e. The van der Waals surface area contributed by atoms with Crippen molar-refractivity contribution >= 4 is 34.8 Å². The molecule has 2 aromatic rings. The Hall–Kier alpha value is -2.60. The minimum Gasteiger partial charge on any atom is -0.352 e. The summed E-state index contributed by atoms with van der Waals surface area (Å²) in [6.07, 6.45) is 1.83. The summed E-state index contributed by atoms with van der Waals surface area (Å²) in [6, 6.07) is 10.8. The van der Waals surface area contributed by atoms with Gasteiger partial charge in [0.2, 0.25) is 0 Å². The van der Waals surface area contributed by atoms with Gasteiger partial charge in [0.1, 0.15) is 0 Å². The van der Waals surface area contributed by atoms with E-state index < -0.39 is 0 Å². The highest BCUT2D eigenvalue weighted by molar-refractivity contribution is 8.18. The normalized spacial score (nSPS) is 17.5. The fraction of sp³-hybridized carbons (Fsp3) is 0.167. The molecule has 0 unspecified atom stereocenters. The second kappa shape index (κ2) is 6.49. The van der Waals surface area contributed by atoms with E-state index in [4.69, 9.17) is 0 Å². The van der Waals surface area contributed by atoms with Crippen LogP contribution in [0.15, 0.2) is 46.3 Å². The summed E-state index contributed by atoms with van der Waals surface area (Å²) in [5, 5.41) is 2.95. The number of thioether (sulfide) groups is 1. The lowest BCUT2D eigenvalue weighted by molar-refractivity contribution is -0.115. The third kappa shape index (κ3) is 3.19. The Morgan fingerprint density at radius 3 is 2.58 bits per heavy atom. The standard InChI is InChI=1S/C18H17N3O2S/c1-11-9-14(12(2)21(11)3)10-15-17(23)20-18(24-15)19-16(22)13-7-5-4-6-8-13/h4-10H,1-3H3,(H,19,20,22,23)/b15-10-. The molecular formula is C18H17N3O2S. The first kappa shape index (κ1) is 16.3. The van der Waals surface area contributed by atoms with Crippen molar-refractivity contribution in [2.24, 2.45) is 12.0 Å². The Morgan fingerprint density at radius 2 is 1.96 bits per heavy atom. The van der Waals surface area contributed by atoms with Gasteiger partial charge >= 0.3 is 0 Å². The molecule has 3 rings (SSSR count). The lowest BCUT2D eigenvalue weighted by atomic mass is 10.2. The van der Waals surface area contributed by atoms with E-state index in [-0.39, 0.29) is 11.8 Å². The molecule has 122 valence electrons. The number of carbonyl (C=O) groups is 2. The van der Waals surface area contributed by atoms with Crippen molar-refractivity contribution < 1.29 is 9.59 Å². The maximum Gasteiger partial charge on any atom is 0.279 e. The first-order valence-electron chi connectivity index (χ1n) is 7.47. The number of aliphatic imine (C=N–C) groups is 1. The Labute approximate surface area is 144 Å². The SMILES string of the molecule is Cc1cc(/C=C2\SC(=NC(=O)c3ccccc3)NC2=O)c(C)n1C. The van der Waals surface area contributed by atoms with Crippen molar-refractivity contribution in [1.29, 1.82) is 0 Å². The molecule has 0 saturated carbocycles. The zero-order valence-electron chi connectivity index (χ0n) is 13.7. The van der Waals surface area contributed by atoms with Crippen LogP contribution in [0.25, 0.3) is 6.08 Å². The molecule has 1 aliphatic heterocycles. The average Bonchev–Trinajstić information content (AvgIpc) is 3.03. The van der Waals surface area contributed by atoms with E-state index in [0.717, 1.165) is 17.0 Å². The molecule has 5 nitrogen and oxygen atoms in total. The first-order chi connectivity index (χ1) is 11.5. The molecule has 1 aromatic carbocycles. The van der Waals surface area contributed by atoms with Crippen LogP contribution in [0.4, 0.5) is 0 Å². The number of aryl methyl sites for hydroxylation is 1. The average molecular weight is 339 g/mol. The van der Waals surface area contributed by atoms with Crippen molar-refractivity contribution in [2.45, 2.75) is 13.8 Å². The zero-order chi connectivity index (χ0) is 17.3. The second-order valence-corrected chi connectivity index (χ2v) is 6.57. The topological polar surface area (TPSA) is 63.5 Å². The summed E-state index contributed by atoms with van der Waals surface area (Å²) in [5.41, 5.74) is 3.69. The molecule has 1 fully saturated rings. The second-order valence-electron chi connectivity index (χ2n) is 5.54. The molecule has 2 amide bonds. The molecule has 1 saturated heterocycles. The monoisotopic (exact) mass is 339 g/mol. The zero-order valence-corrected chi connectivity index (χ0v) is 14.5. The van der Waals surface area contributed by atoms with Crippen LogP contribution in [0.1, 0.15) is 27.3 Å². The molecular weight excluding hydrogens is 322 g/mol. The fourth-order valence-corrected chi connectivity index (χ4v) is 3.20. The molecule has 1 aromatic heterocycles. The summed E-state index contributed by atoms with van der Waals surface area (Å²) < 4.78 is 2.07. The Bertz CT molecular complexity index is 879. The van der Waals surface area contributed by atoms with Crippen LogP contribution < -0.4 is 5.32 Å². The van der Waals surface area contributed by atoms with Crippen LogP contribution in [0.5, 0.6) is 0 Å². The highest BCUT2D eigenvalue weighted by Crippen LogP contribution is 2.28. The lowest BCUT2D eigenvalue weighted by Gasteiger charge is -1.99. The van der Waals surface area contributed by atoms with Crippen molar-refractivity contribution in [2.75, 3.05) is 0 Å². The highest BCUT2D eigenvalue weighted by Gasteiger charge is 2.25. The van der Waals surface area contributed by atoms with Gasteiger partial charge in [0.15, 0.2) is 5.17 Å². The van der Waals surface area contributed by atoms with Gasteiger partial charge in [-0.05, 0) is 55.4 Å². The van der Waals surface area contributed by atoms with Crippen LogP contribution in [0.3, 0.4) is 0 Å². The van der Waals surface area contributed by atoms with Gasteiger partial charge in [-0.15, -0.1) is 0 Å². The van der Waals surface area contributed by atoms with Crippen LogP contribution in [-0.4, -0.2) is 21.5 Å². The Kier molecular flexibility index (Phi) is 4.40. The van der Waals surface area contributed by atoms with Crippen molar-refractivity contribution in [3.05, 3.63) is 63.8 Å². The van der Waals surface area contributed by atoms with E-state index in [2.05, 4.69) is 14.9 Å². The highest BCUT2D eigenvalue weighted by atomic mass is 32.2. The van der Waals surface area contributed by atoms with Crippen molar-refractivity contribution in [3.8, 4) is 0 Å². The van der Waals surface area contributed by atoms with Gasteiger partial charge in [0, 0.05) is 24.0 Å². The van der Waals surface area contributed by atoms with Gasteiger partial charge in [0.05, 0.1) is 4.91 Å².